The van der Waals surface area contributed by atoms with E-state index in [0.717, 1.165) is 10.9 Å². The Morgan fingerprint density at radius 2 is 1.77 bits per heavy atom. The molecule has 4 rings (SSSR count). The summed E-state index contributed by atoms with van der Waals surface area (Å²) in [6.07, 6.45) is 3.25. The van der Waals surface area contributed by atoms with Gasteiger partial charge in [0.1, 0.15) is 11.9 Å². The number of piperazine rings is 1. The zero-order chi connectivity index (χ0) is 17.9. The van der Waals surface area contributed by atoms with Crippen molar-refractivity contribution in [2.24, 2.45) is 0 Å². The molecule has 1 fully saturated rings. The van der Waals surface area contributed by atoms with Crippen molar-refractivity contribution >= 4 is 22.6 Å². The minimum Gasteiger partial charge on any atom is -0.352 e. The molecule has 128 valence electrons. The van der Waals surface area contributed by atoms with Crippen LogP contribution in [0.2, 0.25) is 0 Å². The predicted molar refractivity (Wildman–Crippen MR) is 98.8 cm³/mol. The van der Waals surface area contributed by atoms with E-state index in [4.69, 9.17) is 0 Å². The number of anilines is 1. The van der Waals surface area contributed by atoms with Crippen molar-refractivity contribution < 1.29 is 4.79 Å². The monoisotopic (exact) mass is 343 g/mol. The van der Waals surface area contributed by atoms with Crippen LogP contribution >= 0.6 is 0 Å². The number of para-hydroxylation sites is 1. The minimum atomic E-state index is 0.0130. The van der Waals surface area contributed by atoms with Crippen LogP contribution in [0.1, 0.15) is 15.9 Å². The summed E-state index contributed by atoms with van der Waals surface area (Å²) in [7, 11) is 0. The Labute approximate surface area is 151 Å². The number of amides is 1. The van der Waals surface area contributed by atoms with Crippen LogP contribution < -0.4 is 4.90 Å². The van der Waals surface area contributed by atoms with Gasteiger partial charge in [-0.3, -0.25) is 9.78 Å². The van der Waals surface area contributed by atoms with Crippen LogP contribution in [0.5, 0.6) is 0 Å². The van der Waals surface area contributed by atoms with Crippen LogP contribution in [0.15, 0.2) is 54.9 Å². The first-order chi connectivity index (χ1) is 12.8. The maximum Gasteiger partial charge on any atom is 0.254 e. The molecule has 2 aromatic heterocycles. The molecule has 6 heteroatoms. The second kappa shape index (κ2) is 6.81. The fourth-order valence-corrected chi connectivity index (χ4v) is 3.23. The summed E-state index contributed by atoms with van der Waals surface area (Å²) in [5.74, 6) is 0.709. The second-order valence-electron chi connectivity index (χ2n) is 6.18. The Morgan fingerprint density at radius 1 is 1.04 bits per heavy atom. The molecule has 0 unspecified atom stereocenters. The van der Waals surface area contributed by atoms with Gasteiger partial charge in [-0.1, -0.05) is 18.2 Å². The number of pyridine rings is 2. The number of fused-ring (bicyclic) bond motifs is 1. The number of carbonyl (C=O) groups is 1. The number of carbonyl (C=O) groups excluding carboxylic acids is 1. The number of rotatable bonds is 2. The van der Waals surface area contributed by atoms with Gasteiger partial charge in [-0.25, -0.2) is 4.98 Å². The number of benzene rings is 1. The molecule has 1 saturated heterocycles. The van der Waals surface area contributed by atoms with Crippen LogP contribution in [0.25, 0.3) is 10.9 Å². The van der Waals surface area contributed by atoms with E-state index in [-0.39, 0.29) is 5.91 Å². The van der Waals surface area contributed by atoms with Gasteiger partial charge < -0.3 is 9.80 Å². The van der Waals surface area contributed by atoms with E-state index in [1.54, 1.807) is 24.5 Å². The number of hydrogen-bond acceptors (Lipinski definition) is 5. The lowest BCUT2D eigenvalue weighted by molar-refractivity contribution is 0.0746. The van der Waals surface area contributed by atoms with Gasteiger partial charge in [0.25, 0.3) is 5.91 Å². The zero-order valence-corrected chi connectivity index (χ0v) is 14.2. The third kappa shape index (κ3) is 2.95. The van der Waals surface area contributed by atoms with Crippen molar-refractivity contribution in [3.05, 3.63) is 66.0 Å². The summed E-state index contributed by atoms with van der Waals surface area (Å²) in [5, 5.41) is 10.5. The number of aromatic nitrogens is 2. The summed E-state index contributed by atoms with van der Waals surface area (Å²) in [4.78, 5) is 25.1. The van der Waals surface area contributed by atoms with Crippen LogP contribution in [0.4, 0.5) is 5.82 Å². The summed E-state index contributed by atoms with van der Waals surface area (Å²) >= 11 is 0. The fraction of sp³-hybridized carbons (Fsp3) is 0.200. The standard InChI is InChI=1S/C20H17N5O/c21-14-17-13-16-3-1-2-4-18(16)23-19(17)24-9-11-25(12-10-24)20(26)15-5-7-22-8-6-15/h1-8,13H,9-12H2. The lowest BCUT2D eigenvalue weighted by Gasteiger charge is -2.35. The van der Waals surface area contributed by atoms with Crippen LogP contribution in [0, 0.1) is 11.3 Å². The summed E-state index contributed by atoms with van der Waals surface area (Å²) in [6.45, 7) is 2.49. The topological polar surface area (TPSA) is 73.1 Å². The van der Waals surface area contributed by atoms with Crippen molar-refractivity contribution in [3.8, 4) is 6.07 Å². The quantitative estimate of drug-likeness (QED) is 0.715. The first-order valence-corrected chi connectivity index (χ1v) is 8.50. The molecular formula is C20H17N5O. The highest BCUT2D eigenvalue weighted by Crippen LogP contribution is 2.24. The molecule has 6 nitrogen and oxygen atoms in total. The molecule has 26 heavy (non-hydrogen) atoms. The van der Waals surface area contributed by atoms with Gasteiger partial charge in [-0.05, 0) is 24.3 Å². The number of nitriles is 1. The molecule has 3 aromatic rings. The molecular weight excluding hydrogens is 326 g/mol. The van der Waals surface area contributed by atoms with E-state index in [1.165, 1.54) is 0 Å². The van der Waals surface area contributed by atoms with Crippen LogP contribution in [0.3, 0.4) is 0 Å². The molecule has 0 spiro atoms. The highest BCUT2D eigenvalue weighted by Gasteiger charge is 2.24. The molecule has 1 amide bonds. The Balaban J connectivity index is 1.54. The minimum absolute atomic E-state index is 0.0130. The maximum atomic E-state index is 12.6. The Bertz CT molecular complexity index is 988. The predicted octanol–water partition coefficient (Wildman–Crippen LogP) is 2.46. The molecule has 0 aliphatic carbocycles. The average Bonchev–Trinajstić information content (AvgIpc) is 2.73. The van der Waals surface area contributed by atoms with Crippen molar-refractivity contribution in [1.82, 2.24) is 14.9 Å². The normalized spacial score (nSPS) is 14.3. The first-order valence-electron chi connectivity index (χ1n) is 8.50. The molecule has 1 aliphatic rings. The van der Waals surface area contributed by atoms with E-state index in [0.29, 0.717) is 43.1 Å². The zero-order valence-electron chi connectivity index (χ0n) is 14.2. The average molecular weight is 343 g/mol. The van der Waals surface area contributed by atoms with E-state index in [9.17, 15) is 10.1 Å². The third-order valence-electron chi connectivity index (χ3n) is 4.62. The second-order valence-corrected chi connectivity index (χ2v) is 6.18. The molecule has 0 bridgehead atoms. The van der Waals surface area contributed by atoms with Crippen molar-refractivity contribution in [2.45, 2.75) is 0 Å². The van der Waals surface area contributed by atoms with Gasteiger partial charge in [0.05, 0.1) is 11.1 Å². The Hall–Kier alpha value is -3.46. The molecule has 0 atom stereocenters. The summed E-state index contributed by atoms with van der Waals surface area (Å²) in [5.41, 5.74) is 2.09. The molecule has 0 N–H and O–H groups in total. The van der Waals surface area contributed by atoms with Gasteiger partial charge >= 0.3 is 0 Å². The fourth-order valence-electron chi connectivity index (χ4n) is 3.23. The van der Waals surface area contributed by atoms with Crippen LogP contribution in [-0.2, 0) is 0 Å². The molecule has 0 saturated carbocycles. The number of hydrogen-bond donors (Lipinski definition) is 0. The Morgan fingerprint density at radius 3 is 2.50 bits per heavy atom. The van der Waals surface area contributed by atoms with Crippen molar-refractivity contribution in [3.63, 3.8) is 0 Å². The molecule has 1 aromatic carbocycles. The van der Waals surface area contributed by atoms with Crippen molar-refractivity contribution in [2.75, 3.05) is 31.1 Å². The molecule has 3 heterocycles. The highest BCUT2D eigenvalue weighted by atomic mass is 16.2. The summed E-state index contributed by atoms with van der Waals surface area (Å²) < 4.78 is 0. The van der Waals surface area contributed by atoms with E-state index < -0.39 is 0 Å². The van der Waals surface area contributed by atoms with E-state index >= 15 is 0 Å². The van der Waals surface area contributed by atoms with Gasteiger partial charge in [0, 0.05) is 49.5 Å². The van der Waals surface area contributed by atoms with E-state index in [1.807, 2.05) is 35.2 Å². The lowest BCUT2D eigenvalue weighted by atomic mass is 10.1. The van der Waals surface area contributed by atoms with Gasteiger partial charge in [-0.2, -0.15) is 5.26 Å². The molecule has 1 aliphatic heterocycles. The third-order valence-corrected chi connectivity index (χ3v) is 4.62. The highest BCUT2D eigenvalue weighted by molar-refractivity contribution is 5.94. The first kappa shape index (κ1) is 16.0. The Kier molecular flexibility index (Phi) is 4.20. The van der Waals surface area contributed by atoms with Gasteiger partial charge in [0.15, 0.2) is 0 Å². The van der Waals surface area contributed by atoms with Crippen LogP contribution in [-0.4, -0.2) is 47.0 Å². The molecule has 0 radical (unpaired) electrons. The van der Waals surface area contributed by atoms with Gasteiger partial charge in [-0.15, -0.1) is 0 Å². The lowest BCUT2D eigenvalue weighted by Crippen LogP contribution is -2.49. The summed E-state index contributed by atoms with van der Waals surface area (Å²) in [6, 6.07) is 15.4. The van der Waals surface area contributed by atoms with E-state index in [2.05, 4.69) is 20.9 Å². The SMILES string of the molecule is N#Cc1cc2ccccc2nc1N1CCN(C(=O)c2ccncc2)CC1. The largest absolute Gasteiger partial charge is 0.352 e. The number of nitrogens with zero attached hydrogens (tertiary/aromatic N) is 5. The van der Waals surface area contributed by atoms with Gasteiger partial charge in [0.2, 0.25) is 0 Å². The van der Waals surface area contributed by atoms with Crippen molar-refractivity contribution in [1.29, 1.82) is 5.26 Å². The smallest absolute Gasteiger partial charge is 0.254 e. The maximum absolute atomic E-state index is 12.6.